The van der Waals surface area contributed by atoms with Crippen LogP contribution in [-0.4, -0.2) is 9.13 Å². The van der Waals surface area contributed by atoms with Crippen LogP contribution >= 0.6 is 0 Å². The van der Waals surface area contributed by atoms with Crippen LogP contribution in [0.15, 0.2) is 212 Å². The van der Waals surface area contributed by atoms with Crippen LogP contribution in [0.2, 0.25) is 0 Å². The molecular weight excluding hydrogens is 763 g/mol. The molecule has 2 heterocycles. The first-order chi connectivity index (χ1) is 31.1. The Balaban J connectivity index is 1.01. The second kappa shape index (κ2) is 14.9. The Bertz CT molecular complexity index is 3550. The number of benzene rings is 9. The third-order valence-corrected chi connectivity index (χ3v) is 13.2. The smallest absolute Gasteiger partial charge is 0.0541 e. The second-order valence-corrected chi connectivity index (χ2v) is 17.1. The van der Waals surface area contributed by atoms with Gasteiger partial charge < -0.3 is 14.0 Å². The van der Waals surface area contributed by atoms with Gasteiger partial charge in [-0.1, -0.05) is 134 Å². The summed E-state index contributed by atoms with van der Waals surface area (Å²) in [6.45, 7) is 4.54. The Morgan fingerprint density at radius 1 is 0.444 bits per heavy atom. The zero-order valence-corrected chi connectivity index (χ0v) is 35.4. The fourth-order valence-electron chi connectivity index (χ4n) is 10.1. The molecule has 0 aliphatic heterocycles. The van der Waals surface area contributed by atoms with Crippen LogP contribution in [0.5, 0.6) is 0 Å². The van der Waals surface area contributed by atoms with Crippen LogP contribution in [0.1, 0.15) is 36.1 Å². The van der Waals surface area contributed by atoms with Gasteiger partial charge in [0.05, 0.1) is 16.6 Å². The lowest BCUT2D eigenvalue weighted by Gasteiger charge is -2.27. The highest BCUT2D eigenvalue weighted by Crippen LogP contribution is 2.43. The summed E-state index contributed by atoms with van der Waals surface area (Å²) in [6.07, 6.45) is 5.74. The van der Waals surface area contributed by atoms with E-state index < -0.39 is 0 Å². The second-order valence-electron chi connectivity index (χ2n) is 17.1. The molecule has 3 heteroatoms. The Kier molecular flexibility index (Phi) is 8.75. The lowest BCUT2D eigenvalue weighted by Crippen LogP contribution is -2.11. The van der Waals surface area contributed by atoms with E-state index in [2.05, 4.69) is 246 Å². The molecular formula is C60H45N3. The zero-order chi connectivity index (χ0) is 42.0. The molecule has 63 heavy (non-hydrogen) atoms. The van der Waals surface area contributed by atoms with Crippen molar-refractivity contribution in [2.75, 3.05) is 4.90 Å². The van der Waals surface area contributed by atoms with Crippen LogP contribution < -0.4 is 4.90 Å². The molecule has 0 saturated heterocycles. The van der Waals surface area contributed by atoms with Crippen LogP contribution in [-0.2, 0) is 0 Å². The predicted molar refractivity (Wildman–Crippen MR) is 267 cm³/mol. The predicted octanol–water partition coefficient (Wildman–Crippen LogP) is 16.5. The number of allylic oxidation sites excluding steroid dienone is 1. The number of aryl methyl sites for hydroxylation is 1. The molecule has 0 bridgehead atoms. The molecule has 12 rings (SSSR count). The minimum atomic E-state index is 0.430. The Morgan fingerprint density at radius 3 is 1.70 bits per heavy atom. The Morgan fingerprint density at radius 2 is 1.00 bits per heavy atom. The molecule has 0 spiro atoms. The van der Waals surface area contributed by atoms with Gasteiger partial charge in [-0.2, -0.15) is 0 Å². The van der Waals surface area contributed by atoms with Crippen LogP contribution in [0, 0.1) is 6.92 Å². The van der Waals surface area contributed by atoms with E-state index in [0.717, 1.165) is 23.5 Å². The van der Waals surface area contributed by atoms with E-state index in [1.165, 1.54) is 93.9 Å². The lowest BCUT2D eigenvalue weighted by molar-refractivity contribution is 0.723. The highest BCUT2D eigenvalue weighted by Gasteiger charge is 2.24. The first kappa shape index (κ1) is 36.9. The minimum absolute atomic E-state index is 0.430. The first-order valence-electron chi connectivity index (χ1n) is 22.1. The van der Waals surface area contributed by atoms with E-state index in [1.807, 2.05) is 0 Å². The van der Waals surface area contributed by atoms with Crippen molar-refractivity contribution in [1.82, 2.24) is 9.13 Å². The topological polar surface area (TPSA) is 13.1 Å². The monoisotopic (exact) mass is 807 g/mol. The van der Waals surface area contributed by atoms with Gasteiger partial charge in [-0.15, -0.1) is 0 Å². The maximum Gasteiger partial charge on any atom is 0.0541 e. The van der Waals surface area contributed by atoms with Gasteiger partial charge in [0.15, 0.2) is 0 Å². The molecule has 11 aromatic rings. The summed E-state index contributed by atoms with van der Waals surface area (Å²) in [6, 6.07) is 75.7. The molecule has 9 aromatic carbocycles. The Hall–Kier alpha value is -7.88. The summed E-state index contributed by atoms with van der Waals surface area (Å²) < 4.78 is 4.93. The van der Waals surface area contributed by atoms with E-state index in [9.17, 15) is 0 Å². The molecule has 0 radical (unpaired) electrons. The highest BCUT2D eigenvalue weighted by atomic mass is 15.1. The molecule has 0 saturated carbocycles. The van der Waals surface area contributed by atoms with Crippen LogP contribution in [0.4, 0.5) is 17.1 Å². The van der Waals surface area contributed by atoms with Gasteiger partial charge >= 0.3 is 0 Å². The summed E-state index contributed by atoms with van der Waals surface area (Å²) in [4.78, 5) is 2.35. The Labute approximate surface area is 368 Å². The van der Waals surface area contributed by atoms with Crippen LogP contribution in [0.3, 0.4) is 0 Å². The number of rotatable bonds is 7. The summed E-state index contributed by atoms with van der Waals surface area (Å²) in [5.74, 6) is 0.430. The fourth-order valence-corrected chi connectivity index (χ4v) is 10.1. The van der Waals surface area contributed by atoms with Gasteiger partial charge in [-0.3, -0.25) is 0 Å². The fraction of sp³-hybridized carbons (Fsp3) is 0.0667. The lowest BCUT2D eigenvalue weighted by atomic mass is 9.92. The number of anilines is 3. The third kappa shape index (κ3) is 6.19. The summed E-state index contributed by atoms with van der Waals surface area (Å²) in [5.41, 5.74) is 18.2. The number of aromatic nitrogens is 2. The number of fused-ring (bicyclic) bond motifs is 7. The van der Waals surface area contributed by atoms with Crippen molar-refractivity contribution in [3.05, 3.63) is 229 Å². The number of nitrogens with zero attached hydrogens (tertiary/aromatic N) is 3. The van der Waals surface area contributed by atoms with Gasteiger partial charge in [-0.25, -0.2) is 0 Å². The van der Waals surface area contributed by atoms with Crippen molar-refractivity contribution >= 4 is 66.6 Å². The molecule has 1 aliphatic rings. The van der Waals surface area contributed by atoms with Crippen LogP contribution in [0.25, 0.3) is 83.2 Å². The van der Waals surface area contributed by atoms with E-state index in [4.69, 9.17) is 0 Å². The molecule has 300 valence electrons. The SMILES string of the molecule is Cc1ccccc1N(c1ccccc1)c1ccc(-c2ccc3c(c2)c2cc(-c4ccc5c(c4)c4c(n5-c5ccccc5)C(C)CC=C4)ccc2n3-c2ccc3ccccc3c2)cc1. The quantitative estimate of drug-likeness (QED) is 0.156. The number of hydrogen-bond acceptors (Lipinski definition) is 1. The number of para-hydroxylation sites is 3. The molecule has 0 N–H and O–H groups in total. The van der Waals surface area contributed by atoms with Gasteiger partial charge in [-0.05, 0) is 143 Å². The summed E-state index contributed by atoms with van der Waals surface area (Å²) >= 11 is 0. The minimum Gasteiger partial charge on any atom is -0.313 e. The average Bonchev–Trinajstić information content (AvgIpc) is 3.85. The maximum absolute atomic E-state index is 2.49. The highest BCUT2D eigenvalue weighted by molar-refractivity contribution is 6.12. The molecule has 1 atom stereocenters. The summed E-state index contributed by atoms with van der Waals surface area (Å²) in [5, 5.41) is 6.24. The molecule has 0 amide bonds. The van der Waals surface area contributed by atoms with Gasteiger partial charge in [0.1, 0.15) is 0 Å². The molecule has 0 fully saturated rings. The molecule has 1 aliphatic carbocycles. The van der Waals surface area contributed by atoms with Crippen molar-refractivity contribution in [3.63, 3.8) is 0 Å². The van der Waals surface area contributed by atoms with Crippen molar-refractivity contribution in [2.24, 2.45) is 0 Å². The zero-order valence-electron chi connectivity index (χ0n) is 35.4. The van der Waals surface area contributed by atoms with Crippen molar-refractivity contribution in [1.29, 1.82) is 0 Å². The van der Waals surface area contributed by atoms with Gasteiger partial charge in [0.25, 0.3) is 0 Å². The summed E-state index contributed by atoms with van der Waals surface area (Å²) in [7, 11) is 0. The number of hydrogen-bond donors (Lipinski definition) is 0. The molecule has 2 aromatic heterocycles. The molecule has 3 nitrogen and oxygen atoms in total. The van der Waals surface area contributed by atoms with E-state index in [0.29, 0.717) is 5.92 Å². The normalized spacial score (nSPS) is 13.6. The van der Waals surface area contributed by atoms with Crippen molar-refractivity contribution in [2.45, 2.75) is 26.2 Å². The largest absolute Gasteiger partial charge is 0.313 e. The third-order valence-electron chi connectivity index (χ3n) is 13.2. The van der Waals surface area contributed by atoms with Gasteiger partial charge in [0.2, 0.25) is 0 Å². The van der Waals surface area contributed by atoms with Gasteiger partial charge in [0, 0.05) is 61.8 Å². The van der Waals surface area contributed by atoms with E-state index in [-0.39, 0.29) is 0 Å². The maximum atomic E-state index is 2.49. The molecule has 1 unspecified atom stereocenters. The van der Waals surface area contributed by atoms with Crippen molar-refractivity contribution < 1.29 is 0 Å². The van der Waals surface area contributed by atoms with E-state index >= 15 is 0 Å². The standard InChI is InChI=1S/C60H45N3/c1-40-14-9-12-23-56(40)61(48-18-5-3-6-19-48)50-30-24-43(25-31-50)45-27-33-57-54(37-45)55-39-47(28-34-58(55)62(57)51-32-26-42-16-10-11-17-44(42)36-51)46-29-35-59-53(38-46)52-22-13-15-41(2)60(52)63(59)49-20-7-4-8-21-49/h3-14,16-39,41H,15H2,1-2H3. The van der Waals surface area contributed by atoms with Crippen molar-refractivity contribution in [3.8, 4) is 33.6 Å². The average molecular weight is 808 g/mol. The van der Waals surface area contributed by atoms with E-state index in [1.54, 1.807) is 0 Å². The first-order valence-corrected chi connectivity index (χ1v) is 22.1.